The third-order valence-electron chi connectivity index (χ3n) is 7.81. The third-order valence-corrected chi connectivity index (χ3v) is 8.10. The standard InChI is InChI=1S/C30H38ClF3N4O4/c1-19(2)42-23-7-5-6-22(15-23)29(41,18-30(32,33)34)28(40)38-16-21(17-38)14-20-10-12-37(13-11-20)25-9-8-24(26(31)35-25)27(39)36(3)4/h5-9,15,19-21,41H,10-14,16-18H2,1-4H3. The summed E-state index contributed by atoms with van der Waals surface area (Å²) in [6.45, 7) is 5.68. The molecule has 8 nitrogen and oxygen atoms in total. The Kier molecular flexibility index (Phi) is 9.62. The van der Waals surface area contributed by atoms with Crippen molar-refractivity contribution in [1.29, 1.82) is 0 Å². The number of carbonyl (C=O) groups excluding carboxylic acids is 2. The van der Waals surface area contributed by atoms with Gasteiger partial charge in [-0.2, -0.15) is 13.2 Å². The summed E-state index contributed by atoms with van der Waals surface area (Å²) in [4.78, 5) is 34.9. The Balaban J connectivity index is 1.33. The van der Waals surface area contributed by atoms with Crippen LogP contribution in [0.1, 0.15) is 55.5 Å². The number of pyridine rings is 1. The van der Waals surface area contributed by atoms with Gasteiger partial charge in [0.05, 0.1) is 18.1 Å². The summed E-state index contributed by atoms with van der Waals surface area (Å²) in [5.74, 6) is 0.399. The minimum absolute atomic E-state index is 0.133. The van der Waals surface area contributed by atoms with E-state index in [4.69, 9.17) is 16.3 Å². The minimum Gasteiger partial charge on any atom is -0.491 e. The number of aliphatic hydroxyl groups is 1. The van der Waals surface area contributed by atoms with E-state index in [2.05, 4.69) is 9.88 Å². The highest BCUT2D eigenvalue weighted by molar-refractivity contribution is 6.32. The average Bonchev–Trinajstić information content (AvgIpc) is 2.88. The predicted molar refractivity (Wildman–Crippen MR) is 154 cm³/mol. The maximum atomic E-state index is 13.5. The number of hydrogen-bond donors (Lipinski definition) is 1. The van der Waals surface area contributed by atoms with Crippen molar-refractivity contribution in [1.82, 2.24) is 14.8 Å². The van der Waals surface area contributed by atoms with Crippen molar-refractivity contribution in [2.45, 2.75) is 57.4 Å². The van der Waals surface area contributed by atoms with E-state index in [1.165, 1.54) is 28.0 Å². The Morgan fingerprint density at radius 2 is 1.79 bits per heavy atom. The lowest BCUT2D eigenvalue weighted by molar-refractivity contribution is -0.196. The number of benzene rings is 1. The fraction of sp³-hybridized carbons (Fsp3) is 0.567. The van der Waals surface area contributed by atoms with Crippen LogP contribution in [0.3, 0.4) is 0 Å². The van der Waals surface area contributed by atoms with Crippen molar-refractivity contribution in [3.63, 3.8) is 0 Å². The summed E-state index contributed by atoms with van der Waals surface area (Å²) in [5.41, 5.74) is -2.51. The van der Waals surface area contributed by atoms with Gasteiger partial charge in [0, 0.05) is 40.3 Å². The van der Waals surface area contributed by atoms with Crippen molar-refractivity contribution in [2.24, 2.45) is 11.8 Å². The SMILES string of the molecule is CC(C)Oc1cccc(C(O)(CC(F)(F)F)C(=O)N2CC(CC3CCN(c4ccc(C(=O)N(C)C)c(Cl)n4)CC3)C2)c1. The van der Waals surface area contributed by atoms with Gasteiger partial charge in [-0.3, -0.25) is 9.59 Å². The molecular formula is C30H38ClF3N4O4. The van der Waals surface area contributed by atoms with E-state index >= 15 is 0 Å². The number of halogens is 4. The zero-order chi connectivity index (χ0) is 30.8. The lowest BCUT2D eigenvalue weighted by Crippen LogP contribution is -2.58. The van der Waals surface area contributed by atoms with Gasteiger partial charge in [0.15, 0.2) is 5.60 Å². The van der Waals surface area contributed by atoms with E-state index in [0.717, 1.165) is 32.4 Å². The molecule has 2 amide bonds. The van der Waals surface area contributed by atoms with Crippen LogP contribution < -0.4 is 9.64 Å². The Morgan fingerprint density at radius 3 is 2.36 bits per heavy atom. The van der Waals surface area contributed by atoms with Gasteiger partial charge in [0.25, 0.3) is 11.8 Å². The molecule has 3 heterocycles. The van der Waals surface area contributed by atoms with Crippen LogP contribution in [0, 0.1) is 11.8 Å². The molecule has 1 atom stereocenters. The van der Waals surface area contributed by atoms with Crippen LogP contribution in [0.25, 0.3) is 0 Å². The van der Waals surface area contributed by atoms with Gasteiger partial charge >= 0.3 is 6.18 Å². The third kappa shape index (κ3) is 7.47. The molecule has 42 heavy (non-hydrogen) atoms. The molecule has 230 valence electrons. The van der Waals surface area contributed by atoms with Gasteiger partial charge in [-0.15, -0.1) is 0 Å². The second-order valence-corrected chi connectivity index (χ2v) is 12.2. The van der Waals surface area contributed by atoms with E-state index in [0.29, 0.717) is 36.1 Å². The predicted octanol–water partition coefficient (Wildman–Crippen LogP) is 5.13. The first-order valence-corrected chi connectivity index (χ1v) is 14.5. The van der Waals surface area contributed by atoms with Gasteiger partial charge in [-0.1, -0.05) is 23.7 Å². The number of likely N-dealkylation sites (tertiary alicyclic amines) is 1. The van der Waals surface area contributed by atoms with Crippen molar-refractivity contribution >= 4 is 29.2 Å². The number of aromatic nitrogens is 1. The zero-order valence-corrected chi connectivity index (χ0v) is 25.1. The molecule has 0 radical (unpaired) electrons. The molecule has 0 aliphatic carbocycles. The van der Waals surface area contributed by atoms with Gasteiger partial charge in [-0.05, 0) is 74.8 Å². The number of hydrogen-bond acceptors (Lipinski definition) is 6. The van der Waals surface area contributed by atoms with E-state index in [1.807, 2.05) is 0 Å². The fourth-order valence-corrected chi connectivity index (χ4v) is 5.94. The Morgan fingerprint density at radius 1 is 1.12 bits per heavy atom. The molecule has 2 aromatic rings. The number of piperidine rings is 1. The van der Waals surface area contributed by atoms with E-state index < -0.39 is 24.1 Å². The number of nitrogens with zero attached hydrogens (tertiary/aromatic N) is 4. The van der Waals surface area contributed by atoms with Gasteiger partial charge in [0.2, 0.25) is 0 Å². The first-order chi connectivity index (χ1) is 19.7. The number of ether oxygens (including phenoxy) is 1. The summed E-state index contributed by atoms with van der Waals surface area (Å²) in [5, 5.41) is 11.4. The monoisotopic (exact) mass is 610 g/mol. The second kappa shape index (κ2) is 12.7. The van der Waals surface area contributed by atoms with Crippen LogP contribution in [0.5, 0.6) is 5.75 Å². The summed E-state index contributed by atoms with van der Waals surface area (Å²) < 4.78 is 46.2. The lowest BCUT2D eigenvalue weighted by Gasteiger charge is -2.45. The Hall–Kier alpha value is -3.05. The lowest BCUT2D eigenvalue weighted by atomic mass is 9.81. The van der Waals surface area contributed by atoms with Crippen LogP contribution in [0.4, 0.5) is 19.0 Å². The molecule has 4 rings (SSSR count). The number of alkyl halides is 3. The molecule has 0 spiro atoms. The van der Waals surface area contributed by atoms with E-state index in [1.54, 1.807) is 46.1 Å². The van der Waals surface area contributed by atoms with Crippen LogP contribution in [-0.2, 0) is 10.4 Å². The summed E-state index contributed by atoms with van der Waals surface area (Å²) >= 11 is 6.28. The van der Waals surface area contributed by atoms with Crippen LogP contribution >= 0.6 is 11.6 Å². The molecule has 2 saturated heterocycles. The molecule has 12 heteroatoms. The molecule has 0 bridgehead atoms. The van der Waals surface area contributed by atoms with E-state index in [9.17, 15) is 27.9 Å². The Bertz CT molecular complexity index is 1280. The molecule has 0 saturated carbocycles. The molecule has 1 N–H and O–H groups in total. The molecule has 1 unspecified atom stereocenters. The van der Waals surface area contributed by atoms with Crippen LogP contribution in [0.15, 0.2) is 36.4 Å². The largest absolute Gasteiger partial charge is 0.491 e. The molecule has 2 fully saturated rings. The number of amides is 2. The topological polar surface area (TPSA) is 86.2 Å². The smallest absolute Gasteiger partial charge is 0.392 e. The maximum Gasteiger partial charge on any atom is 0.392 e. The zero-order valence-electron chi connectivity index (χ0n) is 24.3. The molecule has 1 aromatic heterocycles. The summed E-state index contributed by atoms with van der Waals surface area (Å²) in [7, 11) is 3.30. The van der Waals surface area contributed by atoms with Gasteiger partial charge < -0.3 is 24.5 Å². The van der Waals surface area contributed by atoms with Crippen molar-refractivity contribution in [2.75, 3.05) is 45.2 Å². The van der Waals surface area contributed by atoms with Crippen molar-refractivity contribution < 1.29 is 32.6 Å². The molecule has 2 aliphatic heterocycles. The molecule has 1 aromatic carbocycles. The number of carbonyl (C=O) groups is 2. The van der Waals surface area contributed by atoms with Gasteiger partial charge in [0.1, 0.15) is 16.7 Å². The second-order valence-electron chi connectivity index (χ2n) is 11.8. The molecular weight excluding hydrogens is 573 g/mol. The highest BCUT2D eigenvalue weighted by Crippen LogP contribution is 2.40. The normalized spacial score (nSPS) is 18.0. The first kappa shape index (κ1) is 31.9. The maximum absolute atomic E-state index is 13.5. The highest BCUT2D eigenvalue weighted by atomic mass is 35.5. The quantitative estimate of drug-likeness (QED) is 0.396. The molecule has 2 aliphatic rings. The number of anilines is 1. The van der Waals surface area contributed by atoms with Crippen molar-refractivity contribution in [3.05, 3.63) is 52.7 Å². The van der Waals surface area contributed by atoms with Crippen LogP contribution in [0.2, 0.25) is 5.15 Å². The minimum atomic E-state index is -4.75. The Labute approximate surface area is 249 Å². The van der Waals surface area contributed by atoms with E-state index in [-0.39, 0.29) is 28.6 Å². The summed E-state index contributed by atoms with van der Waals surface area (Å²) in [6.07, 6.45) is -4.02. The van der Waals surface area contributed by atoms with Gasteiger partial charge in [-0.25, -0.2) is 4.98 Å². The first-order valence-electron chi connectivity index (χ1n) is 14.1. The van der Waals surface area contributed by atoms with Crippen LogP contribution in [-0.4, -0.2) is 84.3 Å². The summed E-state index contributed by atoms with van der Waals surface area (Å²) in [6, 6.07) is 9.19. The fourth-order valence-electron chi connectivity index (χ4n) is 5.71. The number of rotatable bonds is 9. The highest BCUT2D eigenvalue weighted by Gasteiger charge is 2.51. The average molecular weight is 611 g/mol. The van der Waals surface area contributed by atoms with Crippen molar-refractivity contribution in [3.8, 4) is 5.75 Å².